The Kier molecular flexibility index (Phi) is 10.9. The number of nitrogens with one attached hydrogen (secondary N) is 1. The number of aromatic nitrogens is 1. The summed E-state index contributed by atoms with van der Waals surface area (Å²) in [5.74, 6) is 1.46. The van der Waals surface area contributed by atoms with Gasteiger partial charge in [0.15, 0.2) is 5.96 Å². The van der Waals surface area contributed by atoms with Gasteiger partial charge in [0, 0.05) is 58.7 Å². The number of aliphatic imine (C=N–C) groups is 1. The maximum absolute atomic E-state index is 6.09. The van der Waals surface area contributed by atoms with Gasteiger partial charge in [0.25, 0.3) is 0 Å². The predicted octanol–water partition coefficient (Wildman–Crippen LogP) is 2.66. The van der Waals surface area contributed by atoms with E-state index in [0.717, 1.165) is 63.5 Å². The second-order valence-corrected chi connectivity index (χ2v) is 7.27. The second-order valence-electron chi connectivity index (χ2n) is 6.83. The van der Waals surface area contributed by atoms with E-state index in [9.17, 15) is 0 Å². The fourth-order valence-electron chi connectivity index (χ4n) is 3.04. The average Bonchev–Trinajstić information content (AvgIpc) is 2.89. The Morgan fingerprint density at radius 1 is 1.42 bits per heavy atom. The van der Waals surface area contributed by atoms with Gasteiger partial charge in [0.1, 0.15) is 0 Å². The van der Waals surface area contributed by atoms with Crippen molar-refractivity contribution < 1.29 is 4.74 Å². The van der Waals surface area contributed by atoms with Gasteiger partial charge in [-0.25, -0.2) is 0 Å². The molecule has 0 aromatic carbocycles. The summed E-state index contributed by atoms with van der Waals surface area (Å²) in [6.45, 7) is 11.6. The number of ether oxygens (including phenoxy) is 1. The molecule has 0 saturated carbocycles. The fourth-order valence-corrected chi connectivity index (χ4v) is 3.31. The van der Waals surface area contributed by atoms with E-state index in [0.29, 0.717) is 5.92 Å². The summed E-state index contributed by atoms with van der Waals surface area (Å²) in [7, 11) is 4.08. The molecule has 2 heterocycles. The third-order valence-corrected chi connectivity index (χ3v) is 4.60. The molecule has 1 unspecified atom stereocenters. The molecule has 1 N–H and O–H groups in total. The minimum absolute atomic E-state index is 0. The van der Waals surface area contributed by atoms with Crippen LogP contribution in [-0.4, -0.2) is 73.3 Å². The highest BCUT2D eigenvalue weighted by molar-refractivity contribution is 14.0. The van der Waals surface area contributed by atoms with Crippen molar-refractivity contribution in [1.29, 1.82) is 0 Å². The molecule has 26 heavy (non-hydrogen) atoms. The van der Waals surface area contributed by atoms with E-state index in [1.807, 2.05) is 19.3 Å². The summed E-state index contributed by atoms with van der Waals surface area (Å²) in [5.41, 5.74) is 1.17. The van der Waals surface area contributed by atoms with Crippen LogP contribution >= 0.6 is 35.6 Å². The van der Waals surface area contributed by atoms with Crippen molar-refractivity contribution in [2.45, 2.75) is 20.4 Å². The normalized spacial score (nSPS) is 16.9. The largest absolute Gasteiger partial charge is 0.379 e. The van der Waals surface area contributed by atoms with E-state index in [1.54, 1.807) is 0 Å². The predicted molar refractivity (Wildman–Crippen MR) is 120 cm³/mol. The number of morpholine rings is 1. The molecule has 0 amide bonds. The highest BCUT2D eigenvalue weighted by Crippen LogP contribution is 2.14. The van der Waals surface area contributed by atoms with Crippen LogP contribution in [0.25, 0.3) is 0 Å². The number of aryl methyl sites for hydroxylation is 1. The van der Waals surface area contributed by atoms with Crippen LogP contribution in [0.4, 0.5) is 0 Å². The number of hydrogen-bond donors (Lipinski definition) is 1. The first-order chi connectivity index (χ1) is 12.0. The van der Waals surface area contributed by atoms with Gasteiger partial charge < -0.3 is 19.5 Å². The van der Waals surface area contributed by atoms with E-state index < -0.39 is 0 Å². The maximum Gasteiger partial charge on any atom is 0.194 e. The van der Waals surface area contributed by atoms with Gasteiger partial charge in [-0.2, -0.15) is 0 Å². The maximum atomic E-state index is 6.09. The van der Waals surface area contributed by atoms with Crippen LogP contribution in [0.3, 0.4) is 0 Å². The average molecular weight is 498 g/mol. The Bertz CT molecular complexity index is 560. The van der Waals surface area contributed by atoms with Crippen molar-refractivity contribution >= 4 is 41.5 Å². The first-order valence-electron chi connectivity index (χ1n) is 9.10. The van der Waals surface area contributed by atoms with E-state index in [4.69, 9.17) is 21.3 Å². The molecule has 0 spiro atoms. The van der Waals surface area contributed by atoms with Crippen LogP contribution in [0.1, 0.15) is 19.5 Å². The third kappa shape index (κ3) is 7.62. The summed E-state index contributed by atoms with van der Waals surface area (Å²) in [6.07, 6.45) is 1.93. The molecule has 1 aliphatic heterocycles. The molecular weight excluding hydrogens is 465 g/mol. The molecule has 0 aliphatic carbocycles. The van der Waals surface area contributed by atoms with Gasteiger partial charge in [-0.05, 0) is 18.9 Å². The minimum atomic E-state index is 0. The topological polar surface area (TPSA) is 45.0 Å². The Labute approximate surface area is 179 Å². The Morgan fingerprint density at radius 3 is 2.69 bits per heavy atom. The molecule has 8 heteroatoms. The number of guanidine groups is 1. The summed E-state index contributed by atoms with van der Waals surface area (Å²) in [6, 6.07) is 2.00. The zero-order chi connectivity index (χ0) is 18.2. The van der Waals surface area contributed by atoms with Gasteiger partial charge in [-0.1, -0.05) is 18.5 Å². The molecule has 6 nitrogen and oxygen atoms in total. The lowest BCUT2D eigenvalue weighted by molar-refractivity contribution is 0.0323. The highest BCUT2D eigenvalue weighted by Gasteiger charge is 2.14. The number of halogens is 2. The molecule has 2 rings (SSSR count). The Hall–Kier alpha value is -0.510. The van der Waals surface area contributed by atoms with Crippen LogP contribution in [0.2, 0.25) is 5.02 Å². The monoisotopic (exact) mass is 497 g/mol. The second kappa shape index (κ2) is 12.0. The zero-order valence-corrected chi connectivity index (χ0v) is 19.5. The summed E-state index contributed by atoms with van der Waals surface area (Å²) in [4.78, 5) is 9.46. The summed E-state index contributed by atoms with van der Waals surface area (Å²) in [5, 5.41) is 4.16. The smallest absolute Gasteiger partial charge is 0.194 e. The van der Waals surface area contributed by atoms with Crippen LogP contribution in [-0.2, 0) is 18.3 Å². The molecule has 1 saturated heterocycles. The van der Waals surface area contributed by atoms with Crippen molar-refractivity contribution in [2.75, 3.05) is 53.0 Å². The molecule has 1 aromatic heterocycles. The minimum Gasteiger partial charge on any atom is -0.379 e. The number of hydrogen-bond acceptors (Lipinski definition) is 3. The van der Waals surface area contributed by atoms with Crippen molar-refractivity contribution in [3.8, 4) is 0 Å². The lowest BCUT2D eigenvalue weighted by Gasteiger charge is -2.29. The summed E-state index contributed by atoms with van der Waals surface area (Å²) >= 11 is 6.09. The third-order valence-electron chi connectivity index (χ3n) is 4.40. The SMILES string of the molecule is CCNC(=NCC(C)CN1CCOCC1)N(C)Cc1cc(Cl)cn1C.I. The lowest BCUT2D eigenvalue weighted by Crippen LogP contribution is -2.41. The summed E-state index contributed by atoms with van der Waals surface area (Å²) < 4.78 is 7.47. The Balaban J connectivity index is 0.00000338. The van der Waals surface area contributed by atoms with Crippen LogP contribution in [0.5, 0.6) is 0 Å². The van der Waals surface area contributed by atoms with Crippen molar-refractivity contribution in [3.05, 3.63) is 23.0 Å². The molecule has 1 aromatic rings. The first kappa shape index (κ1) is 23.5. The first-order valence-corrected chi connectivity index (χ1v) is 9.47. The Morgan fingerprint density at radius 2 is 2.12 bits per heavy atom. The molecule has 1 fully saturated rings. The van der Waals surface area contributed by atoms with Crippen LogP contribution in [0, 0.1) is 5.92 Å². The van der Waals surface area contributed by atoms with Gasteiger partial charge in [0.2, 0.25) is 0 Å². The van der Waals surface area contributed by atoms with Crippen molar-refractivity contribution in [1.82, 2.24) is 19.7 Å². The van der Waals surface area contributed by atoms with E-state index >= 15 is 0 Å². The molecule has 1 atom stereocenters. The number of rotatable bonds is 7. The van der Waals surface area contributed by atoms with Crippen molar-refractivity contribution in [3.63, 3.8) is 0 Å². The zero-order valence-electron chi connectivity index (χ0n) is 16.4. The van der Waals surface area contributed by atoms with E-state index in [-0.39, 0.29) is 24.0 Å². The van der Waals surface area contributed by atoms with Gasteiger partial charge in [-0.15, -0.1) is 24.0 Å². The molecule has 0 radical (unpaired) electrons. The van der Waals surface area contributed by atoms with E-state index in [2.05, 4.69) is 40.6 Å². The van der Waals surface area contributed by atoms with Gasteiger partial charge in [-0.3, -0.25) is 9.89 Å². The lowest BCUT2D eigenvalue weighted by atomic mass is 10.1. The van der Waals surface area contributed by atoms with Crippen LogP contribution < -0.4 is 5.32 Å². The van der Waals surface area contributed by atoms with Crippen molar-refractivity contribution in [2.24, 2.45) is 18.0 Å². The standard InChI is InChI=1S/C18H32ClN5O.HI/c1-5-20-18(23(4)14-17-10-16(19)13-22(17)3)21-11-15(2)12-24-6-8-25-9-7-24;/h10,13,15H,5-9,11-12,14H2,1-4H3,(H,20,21);1H. The van der Waals surface area contributed by atoms with E-state index in [1.165, 1.54) is 5.69 Å². The number of nitrogens with zero attached hydrogens (tertiary/aromatic N) is 4. The van der Waals surface area contributed by atoms with Gasteiger partial charge >= 0.3 is 0 Å². The molecule has 1 aliphatic rings. The quantitative estimate of drug-likeness (QED) is 0.357. The molecule has 150 valence electrons. The van der Waals surface area contributed by atoms with Crippen LogP contribution in [0.15, 0.2) is 17.3 Å². The van der Waals surface area contributed by atoms with Gasteiger partial charge in [0.05, 0.1) is 24.8 Å². The molecule has 0 bridgehead atoms. The molecular formula is C18H33ClIN5O. The highest BCUT2D eigenvalue weighted by atomic mass is 127. The fraction of sp³-hybridized carbons (Fsp3) is 0.722.